The molecule has 8 heteroatoms. The van der Waals surface area contributed by atoms with Gasteiger partial charge in [0.25, 0.3) is 0 Å². The van der Waals surface area contributed by atoms with Crippen molar-refractivity contribution in [2.45, 2.75) is 38.8 Å². The van der Waals surface area contributed by atoms with Crippen LogP contribution in [0.1, 0.15) is 45.6 Å². The van der Waals surface area contributed by atoms with E-state index >= 15 is 0 Å². The number of carboxylic acid groups (broad SMARTS) is 1. The lowest BCUT2D eigenvalue weighted by atomic mass is 9.76. The van der Waals surface area contributed by atoms with Gasteiger partial charge in [0, 0.05) is 18.0 Å². The van der Waals surface area contributed by atoms with Crippen LogP contribution in [-0.2, 0) is 20.8 Å². The molecule has 0 aromatic heterocycles. The van der Waals surface area contributed by atoms with Gasteiger partial charge in [-0.05, 0) is 73.9 Å². The standard InChI is InChI=1S/C30H28N2O6/c1-16-4-5-17(2)23(14-16)26-24-25(30(31-26,29(37)38)15-19-6-12-22(34)13-7-19)28(36)32(27(24)35)21-10-8-20(9-11-21)18(3)33/h4-14,24-26,31,34H,15H2,1-3H3,(H,37,38). The van der Waals surface area contributed by atoms with Crippen LogP contribution < -0.4 is 10.2 Å². The smallest absolute Gasteiger partial charge is 0.325 e. The van der Waals surface area contributed by atoms with Gasteiger partial charge >= 0.3 is 5.97 Å². The third-order valence-electron chi connectivity index (χ3n) is 7.76. The molecule has 38 heavy (non-hydrogen) atoms. The zero-order valence-corrected chi connectivity index (χ0v) is 21.3. The Morgan fingerprint density at radius 2 is 1.61 bits per heavy atom. The Morgan fingerprint density at radius 3 is 2.21 bits per heavy atom. The molecule has 2 saturated heterocycles. The molecule has 4 unspecified atom stereocenters. The van der Waals surface area contributed by atoms with Crippen molar-refractivity contribution in [2.24, 2.45) is 11.8 Å². The van der Waals surface area contributed by atoms with Crippen LogP contribution >= 0.6 is 0 Å². The van der Waals surface area contributed by atoms with Crippen molar-refractivity contribution in [2.75, 3.05) is 4.90 Å². The molecular weight excluding hydrogens is 484 g/mol. The maximum atomic E-state index is 14.0. The van der Waals surface area contributed by atoms with Gasteiger partial charge in [-0.1, -0.05) is 35.9 Å². The number of nitrogens with one attached hydrogen (secondary N) is 1. The Labute approximate surface area is 219 Å². The fraction of sp³-hybridized carbons (Fsp3) is 0.267. The number of aryl methyl sites for hydroxylation is 2. The summed E-state index contributed by atoms with van der Waals surface area (Å²) in [6, 6.07) is 17.4. The number of rotatable bonds is 6. The number of hydrogen-bond acceptors (Lipinski definition) is 6. The fourth-order valence-electron chi connectivity index (χ4n) is 5.84. The first-order valence-corrected chi connectivity index (χ1v) is 12.4. The van der Waals surface area contributed by atoms with Gasteiger partial charge in [0.2, 0.25) is 11.8 Å². The second kappa shape index (κ2) is 9.22. The summed E-state index contributed by atoms with van der Waals surface area (Å²) in [7, 11) is 0. The highest BCUT2D eigenvalue weighted by Crippen LogP contribution is 2.51. The van der Waals surface area contributed by atoms with Gasteiger partial charge in [-0.2, -0.15) is 0 Å². The number of aliphatic carboxylic acids is 1. The molecule has 3 aromatic rings. The molecule has 0 spiro atoms. The van der Waals surface area contributed by atoms with Crippen LogP contribution in [-0.4, -0.2) is 39.3 Å². The molecule has 0 aliphatic carbocycles. The number of nitrogens with zero attached hydrogens (tertiary/aromatic N) is 1. The van der Waals surface area contributed by atoms with Crippen molar-refractivity contribution in [3.63, 3.8) is 0 Å². The molecule has 2 amide bonds. The van der Waals surface area contributed by atoms with E-state index in [0.29, 0.717) is 16.8 Å². The number of phenolic OH excluding ortho intramolecular Hbond substituents is 1. The summed E-state index contributed by atoms with van der Waals surface area (Å²) in [6.45, 7) is 5.24. The van der Waals surface area contributed by atoms with Gasteiger partial charge < -0.3 is 10.2 Å². The molecule has 0 bridgehead atoms. The molecule has 8 nitrogen and oxygen atoms in total. The number of aromatic hydroxyl groups is 1. The molecule has 0 saturated carbocycles. The monoisotopic (exact) mass is 512 g/mol. The molecule has 2 aliphatic rings. The number of carboxylic acids is 1. The number of amides is 2. The van der Waals surface area contributed by atoms with Crippen LogP contribution in [0.15, 0.2) is 66.7 Å². The maximum Gasteiger partial charge on any atom is 0.325 e. The summed E-state index contributed by atoms with van der Waals surface area (Å²) < 4.78 is 0. The van der Waals surface area contributed by atoms with Crippen molar-refractivity contribution in [1.29, 1.82) is 0 Å². The van der Waals surface area contributed by atoms with Gasteiger partial charge in [0.1, 0.15) is 11.3 Å². The normalized spacial score (nSPS) is 24.5. The summed E-state index contributed by atoms with van der Waals surface area (Å²) in [4.78, 5) is 53.8. The molecule has 2 heterocycles. The average molecular weight is 513 g/mol. The average Bonchev–Trinajstić information content (AvgIpc) is 3.36. The van der Waals surface area contributed by atoms with E-state index in [2.05, 4.69) is 5.32 Å². The maximum absolute atomic E-state index is 14.0. The Hall–Kier alpha value is -4.30. The van der Waals surface area contributed by atoms with E-state index in [0.717, 1.165) is 21.6 Å². The van der Waals surface area contributed by atoms with Crippen LogP contribution in [0.25, 0.3) is 0 Å². The quantitative estimate of drug-likeness (QED) is 0.340. The number of imide groups is 1. The van der Waals surface area contributed by atoms with Crippen LogP contribution in [0, 0.1) is 25.7 Å². The number of phenols is 1. The highest BCUT2D eigenvalue weighted by molar-refractivity contribution is 6.24. The number of Topliss-reactive ketones (excluding diaryl/α,β-unsaturated/α-hetero) is 1. The number of benzene rings is 3. The number of anilines is 1. The lowest BCUT2D eigenvalue weighted by Crippen LogP contribution is -2.57. The summed E-state index contributed by atoms with van der Waals surface area (Å²) in [5.74, 6) is -4.56. The van der Waals surface area contributed by atoms with Gasteiger partial charge in [-0.25, -0.2) is 4.90 Å². The number of fused-ring (bicyclic) bond motifs is 1. The van der Waals surface area contributed by atoms with E-state index in [1.807, 2.05) is 32.0 Å². The van der Waals surface area contributed by atoms with Gasteiger partial charge in [-0.15, -0.1) is 0 Å². The Balaban J connectivity index is 1.66. The molecule has 3 aromatic carbocycles. The van der Waals surface area contributed by atoms with Crippen molar-refractivity contribution < 1.29 is 29.4 Å². The topological polar surface area (TPSA) is 124 Å². The first kappa shape index (κ1) is 25.4. The second-order valence-electron chi connectivity index (χ2n) is 10.2. The molecule has 4 atom stereocenters. The molecule has 194 valence electrons. The predicted octanol–water partition coefficient (Wildman–Crippen LogP) is 3.73. The minimum atomic E-state index is -1.77. The van der Waals surface area contributed by atoms with E-state index in [-0.39, 0.29) is 18.0 Å². The summed E-state index contributed by atoms with van der Waals surface area (Å²) in [6.07, 6.45) is -0.0682. The van der Waals surface area contributed by atoms with Gasteiger partial charge in [0.15, 0.2) is 5.78 Å². The Kier molecular flexibility index (Phi) is 6.15. The third kappa shape index (κ3) is 3.97. The van der Waals surface area contributed by atoms with Crippen LogP contribution in [0.4, 0.5) is 5.69 Å². The molecular formula is C30H28N2O6. The van der Waals surface area contributed by atoms with Crippen molar-refractivity contribution in [3.05, 3.63) is 94.5 Å². The second-order valence-corrected chi connectivity index (χ2v) is 10.2. The van der Waals surface area contributed by atoms with E-state index in [9.17, 15) is 29.4 Å². The fourth-order valence-corrected chi connectivity index (χ4v) is 5.84. The van der Waals surface area contributed by atoms with Crippen LogP contribution in [0.5, 0.6) is 5.75 Å². The first-order chi connectivity index (χ1) is 18.0. The number of carbonyl (C=O) groups excluding carboxylic acids is 3. The highest BCUT2D eigenvalue weighted by atomic mass is 16.4. The van der Waals surface area contributed by atoms with Crippen LogP contribution in [0.2, 0.25) is 0 Å². The van der Waals surface area contributed by atoms with Crippen LogP contribution in [0.3, 0.4) is 0 Å². The van der Waals surface area contributed by atoms with E-state index < -0.39 is 41.2 Å². The minimum Gasteiger partial charge on any atom is -0.508 e. The number of carbonyl (C=O) groups is 4. The molecule has 2 aliphatic heterocycles. The summed E-state index contributed by atoms with van der Waals surface area (Å²) >= 11 is 0. The zero-order chi connectivity index (χ0) is 27.4. The van der Waals surface area contributed by atoms with Crippen molar-refractivity contribution in [3.8, 4) is 5.75 Å². The lowest BCUT2D eigenvalue weighted by Gasteiger charge is -2.31. The van der Waals surface area contributed by atoms with Gasteiger partial charge in [-0.3, -0.25) is 24.5 Å². The molecule has 3 N–H and O–H groups in total. The highest BCUT2D eigenvalue weighted by Gasteiger charge is 2.68. The zero-order valence-electron chi connectivity index (χ0n) is 21.3. The van der Waals surface area contributed by atoms with Crippen molar-refractivity contribution in [1.82, 2.24) is 5.32 Å². The van der Waals surface area contributed by atoms with E-state index in [1.54, 1.807) is 24.3 Å². The van der Waals surface area contributed by atoms with E-state index in [4.69, 9.17) is 0 Å². The Bertz CT molecular complexity index is 1460. The SMILES string of the molecule is CC(=O)c1ccc(N2C(=O)C3C(c4cc(C)ccc4C)NC(Cc4ccc(O)cc4)(C(=O)O)C3C2=O)cc1. The molecule has 0 radical (unpaired) electrons. The Morgan fingerprint density at radius 1 is 0.947 bits per heavy atom. The molecule has 2 fully saturated rings. The van der Waals surface area contributed by atoms with Gasteiger partial charge in [0.05, 0.1) is 17.5 Å². The lowest BCUT2D eigenvalue weighted by molar-refractivity contribution is -0.148. The first-order valence-electron chi connectivity index (χ1n) is 12.4. The van der Waals surface area contributed by atoms with E-state index in [1.165, 1.54) is 31.2 Å². The molecule has 5 rings (SSSR count). The largest absolute Gasteiger partial charge is 0.508 e. The predicted molar refractivity (Wildman–Crippen MR) is 140 cm³/mol. The summed E-state index contributed by atoms with van der Waals surface area (Å²) in [5, 5.41) is 23.6. The number of ketones is 1. The summed E-state index contributed by atoms with van der Waals surface area (Å²) in [5.41, 5.74) is 2.15. The van der Waals surface area contributed by atoms with Crippen molar-refractivity contribution >= 4 is 29.3 Å². The minimum absolute atomic E-state index is 0.0379. The number of hydrogen-bond donors (Lipinski definition) is 3. The third-order valence-corrected chi connectivity index (χ3v) is 7.76.